The fourth-order valence-corrected chi connectivity index (χ4v) is 2.47. The first-order valence-electron chi connectivity index (χ1n) is 4.84. The molecule has 0 bridgehead atoms. The van der Waals surface area contributed by atoms with Crippen LogP contribution in [0.25, 0.3) is 0 Å². The van der Waals surface area contributed by atoms with Crippen LogP contribution in [0.1, 0.15) is 26.2 Å². The van der Waals surface area contributed by atoms with Crippen molar-refractivity contribution in [2.24, 2.45) is 10.9 Å². The highest BCUT2D eigenvalue weighted by Gasteiger charge is 2.35. The molecule has 0 radical (unpaired) electrons. The smallest absolute Gasteiger partial charge is 0.156 e. The molecule has 0 aromatic heterocycles. The van der Waals surface area contributed by atoms with Crippen LogP contribution in [0.2, 0.25) is 0 Å². The Kier molecular flexibility index (Phi) is 2.59. The Balaban J connectivity index is 1.76. The Labute approximate surface area is 78.2 Å². The van der Waals surface area contributed by atoms with Crippen molar-refractivity contribution in [1.29, 1.82) is 0 Å². The van der Waals surface area contributed by atoms with Crippen LogP contribution in [0.15, 0.2) is 4.99 Å². The van der Waals surface area contributed by atoms with Gasteiger partial charge in [0.15, 0.2) is 5.17 Å². The zero-order valence-corrected chi connectivity index (χ0v) is 8.36. The predicted octanol–water partition coefficient (Wildman–Crippen LogP) is 1.87. The number of nitrogens with zero attached hydrogens (tertiary/aromatic N) is 1. The van der Waals surface area contributed by atoms with Crippen LogP contribution in [-0.2, 0) is 0 Å². The molecule has 1 N–H and O–H groups in total. The van der Waals surface area contributed by atoms with E-state index in [4.69, 9.17) is 0 Å². The van der Waals surface area contributed by atoms with Crippen molar-refractivity contribution in [1.82, 2.24) is 5.32 Å². The standard InChI is InChI=1S/C9H16N2S/c1-2-7-6-8(7)11-9-10-4-3-5-12-9/h7-8H,2-6H2,1H3,(H,10,11). The van der Waals surface area contributed by atoms with Crippen LogP contribution in [0.3, 0.4) is 0 Å². The molecular formula is C9H16N2S. The molecule has 12 heavy (non-hydrogen) atoms. The third-order valence-corrected chi connectivity index (χ3v) is 3.57. The lowest BCUT2D eigenvalue weighted by atomic mass is 10.3. The van der Waals surface area contributed by atoms with E-state index in [1.54, 1.807) is 0 Å². The summed E-state index contributed by atoms with van der Waals surface area (Å²) >= 11 is 1.88. The molecule has 0 aromatic carbocycles. The van der Waals surface area contributed by atoms with Gasteiger partial charge in [-0.3, -0.25) is 4.99 Å². The summed E-state index contributed by atoms with van der Waals surface area (Å²) < 4.78 is 0. The molecule has 0 amide bonds. The van der Waals surface area contributed by atoms with Crippen molar-refractivity contribution in [2.45, 2.75) is 32.2 Å². The van der Waals surface area contributed by atoms with Crippen LogP contribution in [0, 0.1) is 5.92 Å². The second-order valence-corrected chi connectivity index (χ2v) is 4.63. The fourth-order valence-electron chi connectivity index (χ4n) is 1.58. The van der Waals surface area contributed by atoms with E-state index in [0.29, 0.717) is 0 Å². The highest BCUT2D eigenvalue weighted by atomic mass is 32.2. The Hall–Kier alpha value is -0.180. The van der Waals surface area contributed by atoms with Gasteiger partial charge in [-0.25, -0.2) is 0 Å². The van der Waals surface area contributed by atoms with Gasteiger partial charge in [-0.05, 0) is 18.8 Å². The topological polar surface area (TPSA) is 24.4 Å². The summed E-state index contributed by atoms with van der Waals surface area (Å²) in [4.78, 5) is 4.45. The van der Waals surface area contributed by atoms with Crippen molar-refractivity contribution in [2.75, 3.05) is 12.3 Å². The molecular weight excluding hydrogens is 168 g/mol. The summed E-state index contributed by atoms with van der Waals surface area (Å²) in [5, 5.41) is 4.70. The molecule has 1 aliphatic heterocycles. The van der Waals surface area contributed by atoms with Crippen molar-refractivity contribution in [3.05, 3.63) is 0 Å². The number of hydrogen-bond acceptors (Lipinski definition) is 3. The van der Waals surface area contributed by atoms with E-state index < -0.39 is 0 Å². The molecule has 2 nitrogen and oxygen atoms in total. The highest BCUT2D eigenvalue weighted by Crippen LogP contribution is 2.33. The van der Waals surface area contributed by atoms with Gasteiger partial charge < -0.3 is 5.32 Å². The van der Waals surface area contributed by atoms with E-state index in [1.807, 2.05) is 11.8 Å². The van der Waals surface area contributed by atoms with Crippen LogP contribution < -0.4 is 5.32 Å². The van der Waals surface area contributed by atoms with Gasteiger partial charge in [-0.2, -0.15) is 0 Å². The molecule has 68 valence electrons. The first-order valence-corrected chi connectivity index (χ1v) is 5.82. The molecule has 0 aromatic rings. The number of hydrogen-bond donors (Lipinski definition) is 1. The second kappa shape index (κ2) is 3.69. The minimum Gasteiger partial charge on any atom is -0.362 e. The zero-order valence-electron chi connectivity index (χ0n) is 7.55. The molecule has 2 aliphatic rings. The van der Waals surface area contributed by atoms with Crippen molar-refractivity contribution < 1.29 is 0 Å². The van der Waals surface area contributed by atoms with Gasteiger partial charge in [0, 0.05) is 18.3 Å². The summed E-state index contributed by atoms with van der Waals surface area (Å²) in [7, 11) is 0. The average Bonchev–Trinajstić information content (AvgIpc) is 2.85. The monoisotopic (exact) mass is 184 g/mol. The summed E-state index contributed by atoms with van der Waals surface area (Å²) in [6, 6.07) is 0.749. The van der Waals surface area contributed by atoms with E-state index in [-0.39, 0.29) is 0 Å². The van der Waals surface area contributed by atoms with Crippen LogP contribution in [-0.4, -0.2) is 23.5 Å². The molecule has 3 heteroatoms. The van der Waals surface area contributed by atoms with Gasteiger partial charge in [0.1, 0.15) is 0 Å². The largest absolute Gasteiger partial charge is 0.362 e. The Bertz CT molecular complexity index is 191. The molecule has 2 atom stereocenters. The molecule has 1 fully saturated rings. The van der Waals surface area contributed by atoms with Crippen LogP contribution in [0.5, 0.6) is 0 Å². The number of thioether (sulfide) groups is 1. The lowest BCUT2D eigenvalue weighted by molar-refractivity contribution is 0.724. The summed E-state index contributed by atoms with van der Waals surface area (Å²) in [6.45, 7) is 3.29. The lowest BCUT2D eigenvalue weighted by Gasteiger charge is -2.12. The molecule has 1 heterocycles. The number of amidine groups is 1. The van der Waals surface area contributed by atoms with E-state index in [9.17, 15) is 0 Å². The average molecular weight is 184 g/mol. The molecule has 2 unspecified atom stereocenters. The third kappa shape index (κ3) is 1.94. The molecule has 2 rings (SSSR count). The van der Waals surface area contributed by atoms with Gasteiger partial charge in [0.2, 0.25) is 0 Å². The molecule has 1 saturated carbocycles. The second-order valence-electron chi connectivity index (χ2n) is 3.54. The quantitative estimate of drug-likeness (QED) is 0.708. The maximum absolute atomic E-state index is 4.45. The van der Waals surface area contributed by atoms with Crippen LogP contribution >= 0.6 is 11.8 Å². The third-order valence-electron chi connectivity index (χ3n) is 2.55. The Morgan fingerprint density at radius 3 is 3.17 bits per heavy atom. The van der Waals surface area contributed by atoms with Crippen molar-refractivity contribution in [3.63, 3.8) is 0 Å². The Morgan fingerprint density at radius 1 is 1.67 bits per heavy atom. The maximum Gasteiger partial charge on any atom is 0.156 e. The highest BCUT2D eigenvalue weighted by molar-refractivity contribution is 8.13. The first-order chi connectivity index (χ1) is 5.90. The van der Waals surface area contributed by atoms with Crippen molar-refractivity contribution in [3.8, 4) is 0 Å². The minimum absolute atomic E-state index is 0.749. The minimum atomic E-state index is 0.749. The predicted molar refractivity (Wildman–Crippen MR) is 54.7 cm³/mol. The fraction of sp³-hybridized carbons (Fsp3) is 0.889. The Morgan fingerprint density at radius 2 is 2.58 bits per heavy atom. The normalized spacial score (nSPS) is 34.2. The summed E-state index contributed by atoms with van der Waals surface area (Å²) in [6.07, 6.45) is 3.92. The molecule has 0 spiro atoms. The van der Waals surface area contributed by atoms with E-state index in [1.165, 1.54) is 30.2 Å². The van der Waals surface area contributed by atoms with Crippen LogP contribution in [0.4, 0.5) is 0 Å². The molecule has 1 aliphatic carbocycles. The lowest BCUT2D eigenvalue weighted by Crippen LogP contribution is -2.26. The zero-order chi connectivity index (χ0) is 8.39. The summed E-state index contributed by atoms with van der Waals surface area (Å²) in [5.41, 5.74) is 0. The van der Waals surface area contributed by atoms with Gasteiger partial charge in [-0.1, -0.05) is 25.1 Å². The van der Waals surface area contributed by atoms with Crippen molar-refractivity contribution >= 4 is 16.9 Å². The van der Waals surface area contributed by atoms with E-state index in [2.05, 4.69) is 17.2 Å². The summed E-state index contributed by atoms with van der Waals surface area (Å²) in [5.74, 6) is 2.17. The van der Waals surface area contributed by atoms with Gasteiger partial charge in [0.05, 0.1) is 0 Å². The van der Waals surface area contributed by atoms with Gasteiger partial charge >= 0.3 is 0 Å². The van der Waals surface area contributed by atoms with E-state index >= 15 is 0 Å². The maximum atomic E-state index is 4.45. The first kappa shape index (κ1) is 8.42. The van der Waals surface area contributed by atoms with Gasteiger partial charge in [-0.15, -0.1) is 0 Å². The van der Waals surface area contributed by atoms with Gasteiger partial charge in [0.25, 0.3) is 0 Å². The molecule has 0 saturated heterocycles. The van der Waals surface area contributed by atoms with E-state index in [0.717, 1.165) is 18.5 Å². The number of aliphatic imine (C=N–C) groups is 1. The number of rotatable bonds is 2. The number of nitrogens with one attached hydrogen (secondary N) is 1. The SMILES string of the molecule is CCC1CC1NC1=NCCCS1.